The molecule has 0 spiro atoms. The maximum absolute atomic E-state index is 13.7. The van der Waals surface area contributed by atoms with Crippen LogP contribution in [-0.2, 0) is 26.1 Å². The number of rotatable bonds is 8. The van der Waals surface area contributed by atoms with Gasteiger partial charge >= 0.3 is 5.97 Å². The van der Waals surface area contributed by atoms with Gasteiger partial charge in [0.15, 0.2) is 5.82 Å². The summed E-state index contributed by atoms with van der Waals surface area (Å²) >= 11 is 0. The first-order chi connectivity index (χ1) is 19.0. The van der Waals surface area contributed by atoms with Crippen LogP contribution in [0.4, 0.5) is 17.3 Å². The van der Waals surface area contributed by atoms with Crippen molar-refractivity contribution in [3.63, 3.8) is 0 Å². The fraction of sp³-hybridized carbons (Fsp3) is 0.586. The fourth-order valence-corrected chi connectivity index (χ4v) is 5.78. The number of methoxy groups -OCH3 is 1. The standard InChI is InChI=1S/C29H40N6O4/c1-32-26(8-9-27(36)38-2)30-29(31-32)35(28(37)23-12-18-39-19-13-23)21-22-10-16-34(17-11-22)25-7-5-6-24(20-25)33-14-3-4-15-33/h5-9,20,22-23H,3-4,10-19,21H2,1-2H3/b9-8+. The van der Waals surface area contributed by atoms with Gasteiger partial charge in [-0.2, -0.15) is 4.98 Å². The molecule has 1 amide bonds. The molecule has 0 atom stereocenters. The topological polar surface area (TPSA) is 93.0 Å². The molecule has 0 radical (unpaired) electrons. The van der Waals surface area contributed by atoms with E-state index >= 15 is 0 Å². The summed E-state index contributed by atoms with van der Waals surface area (Å²) in [6.07, 6.45) is 8.83. The smallest absolute Gasteiger partial charge is 0.330 e. The zero-order chi connectivity index (χ0) is 27.2. The van der Waals surface area contributed by atoms with Crippen LogP contribution in [0.3, 0.4) is 0 Å². The highest BCUT2D eigenvalue weighted by Crippen LogP contribution is 2.30. The molecule has 10 nitrogen and oxygen atoms in total. The molecule has 3 aliphatic heterocycles. The number of carbonyl (C=O) groups excluding carboxylic acids is 2. The normalized spacial score (nSPS) is 19.1. The largest absolute Gasteiger partial charge is 0.466 e. The van der Waals surface area contributed by atoms with Crippen LogP contribution in [0.5, 0.6) is 0 Å². The predicted octanol–water partition coefficient (Wildman–Crippen LogP) is 3.28. The van der Waals surface area contributed by atoms with E-state index in [4.69, 9.17) is 9.47 Å². The Kier molecular flexibility index (Phi) is 8.81. The van der Waals surface area contributed by atoms with Crippen LogP contribution in [-0.4, -0.2) is 79.7 Å². The second kappa shape index (κ2) is 12.6. The van der Waals surface area contributed by atoms with Crippen molar-refractivity contribution in [1.82, 2.24) is 14.8 Å². The monoisotopic (exact) mass is 536 g/mol. The van der Waals surface area contributed by atoms with E-state index in [1.54, 1.807) is 22.7 Å². The second-order valence-electron chi connectivity index (χ2n) is 10.7. The lowest BCUT2D eigenvalue weighted by molar-refractivity contribution is -0.134. The quantitative estimate of drug-likeness (QED) is 0.375. The zero-order valence-electron chi connectivity index (χ0n) is 23.1. The molecule has 0 saturated carbocycles. The lowest BCUT2D eigenvalue weighted by Gasteiger charge is -2.36. The second-order valence-corrected chi connectivity index (χ2v) is 10.7. The minimum atomic E-state index is -0.465. The number of hydrogen-bond acceptors (Lipinski definition) is 8. The molecule has 2 aromatic rings. The third-order valence-electron chi connectivity index (χ3n) is 8.15. The molecule has 1 aromatic carbocycles. The molecule has 4 heterocycles. The predicted molar refractivity (Wildman–Crippen MR) is 151 cm³/mol. The summed E-state index contributed by atoms with van der Waals surface area (Å²) in [4.78, 5) is 36.7. The molecular weight excluding hydrogens is 496 g/mol. The third kappa shape index (κ3) is 6.61. The Morgan fingerprint density at radius 1 is 1.05 bits per heavy atom. The van der Waals surface area contributed by atoms with Crippen LogP contribution in [0.2, 0.25) is 0 Å². The molecule has 0 unspecified atom stereocenters. The SMILES string of the molecule is COC(=O)/C=C/c1nc(N(CC2CCN(c3cccc(N4CCCC4)c3)CC2)C(=O)C2CCOCC2)nn1C. The summed E-state index contributed by atoms with van der Waals surface area (Å²) < 4.78 is 11.8. The molecule has 0 aliphatic carbocycles. The van der Waals surface area contributed by atoms with E-state index in [1.807, 2.05) is 0 Å². The number of carbonyl (C=O) groups is 2. The number of nitrogens with zero attached hydrogens (tertiary/aromatic N) is 6. The Morgan fingerprint density at radius 2 is 1.72 bits per heavy atom. The average molecular weight is 537 g/mol. The molecule has 1 aromatic heterocycles. The Bertz CT molecular complexity index is 1160. The first-order valence-corrected chi connectivity index (χ1v) is 14.2. The number of anilines is 3. The van der Waals surface area contributed by atoms with Gasteiger partial charge in [0, 0.05) is 76.4 Å². The highest BCUT2D eigenvalue weighted by atomic mass is 16.5. The molecule has 3 saturated heterocycles. The molecule has 5 rings (SSSR count). The van der Waals surface area contributed by atoms with Gasteiger partial charge in [-0.25, -0.2) is 9.48 Å². The van der Waals surface area contributed by atoms with Crippen LogP contribution in [0.15, 0.2) is 30.3 Å². The summed E-state index contributed by atoms with van der Waals surface area (Å²) in [5, 5.41) is 4.57. The third-order valence-corrected chi connectivity index (χ3v) is 8.15. The van der Waals surface area contributed by atoms with E-state index in [-0.39, 0.29) is 11.8 Å². The number of piperidine rings is 1. The Balaban J connectivity index is 1.28. The molecule has 3 aliphatic rings. The molecule has 210 valence electrons. The summed E-state index contributed by atoms with van der Waals surface area (Å²) in [5.74, 6) is 0.738. The molecule has 3 fully saturated rings. The summed E-state index contributed by atoms with van der Waals surface area (Å²) in [6, 6.07) is 8.92. The summed E-state index contributed by atoms with van der Waals surface area (Å²) in [6.45, 7) is 5.98. The molecule has 0 N–H and O–H groups in total. The van der Waals surface area contributed by atoms with Gasteiger partial charge < -0.3 is 19.3 Å². The Morgan fingerprint density at radius 3 is 2.38 bits per heavy atom. The number of esters is 1. The molecule has 39 heavy (non-hydrogen) atoms. The minimum Gasteiger partial charge on any atom is -0.466 e. The van der Waals surface area contributed by atoms with E-state index in [9.17, 15) is 9.59 Å². The summed E-state index contributed by atoms with van der Waals surface area (Å²) in [7, 11) is 3.10. The average Bonchev–Trinajstić information content (AvgIpc) is 3.65. The lowest BCUT2D eigenvalue weighted by atomic mass is 9.94. The van der Waals surface area contributed by atoms with Crippen LogP contribution in [0, 0.1) is 11.8 Å². The number of ether oxygens (including phenoxy) is 2. The number of aryl methyl sites for hydroxylation is 1. The van der Waals surface area contributed by atoms with Crippen LogP contribution in [0.1, 0.15) is 44.3 Å². The first-order valence-electron chi connectivity index (χ1n) is 14.2. The number of aromatic nitrogens is 3. The van der Waals surface area contributed by atoms with Gasteiger partial charge in [-0.15, -0.1) is 5.10 Å². The van der Waals surface area contributed by atoms with Crippen molar-refractivity contribution >= 4 is 35.3 Å². The number of benzene rings is 1. The van der Waals surface area contributed by atoms with Gasteiger partial charge in [-0.3, -0.25) is 9.69 Å². The minimum absolute atomic E-state index is 0.0631. The fourth-order valence-electron chi connectivity index (χ4n) is 5.78. The molecular formula is C29H40N6O4. The lowest BCUT2D eigenvalue weighted by Crippen LogP contribution is -2.44. The van der Waals surface area contributed by atoms with Gasteiger partial charge in [-0.05, 0) is 68.7 Å². The maximum atomic E-state index is 13.7. The Hall–Kier alpha value is -3.40. The van der Waals surface area contributed by atoms with Crippen molar-refractivity contribution in [2.24, 2.45) is 18.9 Å². The molecule has 10 heteroatoms. The van der Waals surface area contributed by atoms with Crippen molar-refractivity contribution in [2.45, 2.75) is 38.5 Å². The zero-order valence-corrected chi connectivity index (χ0v) is 23.1. The number of amides is 1. The Labute approximate surface area is 230 Å². The van der Waals surface area contributed by atoms with Gasteiger partial charge in [0.2, 0.25) is 5.91 Å². The van der Waals surface area contributed by atoms with E-state index in [1.165, 1.54) is 37.4 Å². The maximum Gasteiger partial charge on any atom is 0.330 e. The van der Waals surface area contributed by atoms with E-state index < -0.39 is 5.97 Å². The van der Waals surface area contributed by atoms with E-state index in [2.05, 4.69) is 44.1 Å². The van der Waals surface area contributed by atoms with Gasteiger partial charge in [0.1, 0.15) is 0 Å². The van der Waals surface area contributed by atoms with Crippen molar-refractivity contribution in [1.29, 1.82) is 0 Å². The number of hydrogen-bond donors (Lipinski definition) is 0. The highest BCUT2D eigenvalue weighted by molar-refractivity contribution is 5.93. The van der Waals surface area contributed by atoms with Crippen LogP contribution < -0.4 is 14.7 Å². The van der Waals surface area contributed by atoms with Crippen molar-refractivity contribution < 1.29 is 19.1 Å². The van der Waals surface area contributed by atoms with Crippen molar-refractivity contribution in [2.75, 3.05) is 67.7 Å². The van der Waals surface area contributed by atoms with E-state index in [0.29, 0.717) is 50.3 Å². The van der Waals surface area contributed by atoms with Crippen molar-refractivity contribution in [3.05, 3.63) is 36.2 Å². The first kappa shape index (κ1) is 27.2. The van der Waals surface area contributed by atoms with Crippen molar-refractivity contribution in [3.8, 4) is 0 Å². The van der Waals surface area contributed by atoms with Crippen LogP contribution in [0.25, 0.3) is 6.08 Å². The molecule has 0 bridgehead atoms. The van der Waals surface area contributed by atoms with Crippen LogP contribution >= 0.6 is 0 Å². The van der Waals surface area contributed by atoms with Gasteiger partial charge in [-0.1, -0.05) is 6.07 Å². The summed E-state index contributed by atoms with van der Waals surface area (Å²) in [5.41, 5.74) is 2.60. The van der Waals surface area contributed by atoms with E-state index in [0.717, 1.165) is 39.0 Å². The van der Waals surface area contributed by atoms with Gasteiger partial charge in [0.25, 0.3) is 5.95 Å². The van der Waals surface area contributed by atoms with Gasteiger partial charge in [0.05, 0.1) is 7.11 Å². The highest BCUT2D eigenvalue weighted by Gasteiger charge is 2.32.